The quantitative estimate of drug-likeness (QED) is 0.667. The van der Waals surface area contributed by atoms with Gasteiger partial charge in [0.05, 0.1) is 0 Å². The number of carbonyl (C=O) groups is 3. The van der Waals surface area contributed by atoms with E-state index in [0.717, 1.165) is 22.3 Å². The molecular formula is C22H24N2O5. The molecule has 0 radical (unpaired) electrons. The van der Waals surface area contributed by atoms with Crippen LogP contribution in [0.15, 0.2) is 48.5 Å². The van der Waals surface area contributed by atoms with Crippen LogP contribution in [0, 0.1) is 0 Å². The summed E-state index contributed by atoms with van der Waals surface area (Å²) < 4.78 is 5.43. The van der Waals surface area contributed by atoms with Gasteiger partial charge in [-0.2, -0.15) is 0 Å². The van der Waals surface area contributed by atoms with Gasteiger partial charge in [0, 0.05) is 5.92 Å². The third-order valence-corrected chi connectivity index (χ3v) is 5.09. The average molecular weight is 396 g/mol. The van der Waals surface area contributed by atoms with Gasteiger partial charge in [0.25, 0.3) is 0 Å². The number of hydrogen-bond acceptors (Lipinski definition) is 4. The summed E-state index contributed by atoms with van der Waals surface area (Å²) in [5.41, 5.74) is 4.46. The SMILES string of the molecule is CC[C@@H](NC(=O)OCC1c2ccccc2-c2ccccc21)C(=O)NC(C)C(=O)O. The molecule has 29 heavy (non-hydrogen) atoms. The van der Waals surface area contributed by atoms with Crippen molar-refractivity contribution < 1.29 is 24.2 Å². The largest absolute Gasteiger partial charge is 0.480 e. The summed E-state index contributed by atoms with van der Waals surface area (Å²) in [6.07, 6.45) is -0.403. The second-order valence-electron chi connectivity index (χ2n) is 7.00. The molecule has 2 aromatic rings. The minimum Gasteiger partial charge on any atom is -0.480 e. The lowest BCUT2D eigenvalue weighted by atomic mass is 9.98. The van der Waals surface area contributed by atoms with Crippen LogP contribution in [0.25, 0.3) is 11.1 Å². The maximum Gasteiger partial charge on any atom is 0.407 e. The van der Waals surface area contributed by atoms with Gasteiger partial charge in [0.2, 0.25) is 5.91 Å². The lowest BCUT2D eigenvalue weighted by Gasteiger charge is -2.19. The topological polar surface area (TPSA) is 105 Å². The maximum absolute atomic E-state index is 12.3. The monoisotopic (exact) mass is 396 g/mol. The lowest BCUT2D eigenvalue weighted by Crippen LogP contribution is -2.50. The first-order valence-electron chi connectivity index (χ1n) is 9.57. The van der Waals surface area contributed by atoms with E-state index in [1.54, 1.807) is 6.92 Å². The summed E-state index contributed by atoms with van der Waals surface area (Å²) in [6.45, 7) is 3.23. The van der Waals surface area contributed by atoms with E-state index in [-0.39, 0.29) is 12.5 Å². The number of rotatable bonds is 7. The van der Waals surface area contributed by atoms with Crippen LogP contribution >= 0.6 is 0 Å². The lowest BCUT2D eigenvalue weighted by molar-refractivity contribution is -0.141. The Morgan fingerprint density at radius 2 is 1.55 bits per heavy atom. The van der Waals surface area contributed by atoms with Gasteiger partial charge in [-0.05, 0) is 35.6 Å². The third-order valence-electron chi connectivity index (χ3n) is 5.09. The van der Waals surface area contributed by atoms with E-state index in [9.17, 15) is 14.4 Å². The van der Waals surface area contributed by atoms with Crippen molar-refractivity contribution in [3.63, 3.8) is 0 Å². The van der Waals surface area contributed by atoms with Crippen LogP contribution in [0.5, 0.6) is 0 Å². The Balaban J connectivity index is 1.63. The van der Waals surface area contributed by atoms with Gasteiger partial charge in [0.1, 0.15) is 18.7 Å². The molecule has 0 saturated carbocycles. The molecule has 2 amide bonds. The highest BCUT2D eigenvalue weighted by Crippen LogP contribution is 2.44. The number of nitrogens with one attached hydrogen (secondary N) is 2. The smallest absolute Gasteiger partial charge is 0.407 e. The van der Waals surface area contributed by atoms with Crippen LogP contribution in [0.2, 0.25) is 0 Å². The number of benzene rings is 2. The van der Waals surface area contributed by atoms with Gasteiger partial charge in [-0.1, -0.05) is 55.5 Å². The number of amides is 2. The molecule has 1 aliphatic carbocycles. The van der Waals surface area contributed by atoms with Gasteiger partial charge < -0.3 is 20.5 Å². The summed E-state index contributed by atoms with van der Waals surface area (Å²) in [6, 6.07) is 14.1. The average Bonchev–Trinajstić information content (AvgIpc) is 3.04. The zero-order valence-electron chi connectivity index (χ0n) is 16.3. The fourth-order valence-electron chi connectivity index (χ4n) is 3.51. The normalized spacial score (nSPS) is 14.3. The van der Waals surface area contributed by atoms with Crippen molar-refractivity contribution in [3.05, 3.63) is 59.7 Å². The first kappa shape index (κ1) is 20.4. The molecular weight excluding hydrogens is 372 g/mol. The number of alkyl carbamates (subject to hydrolysis) is 1. The summed E-state index contributed by atoms with van der Waals surface area (Å²) in [7, 11) is 0. The maximum atomic E-state index is 12.3. The Kier molecular flexibility index (Phi) is 6.16. The van der Waals surface area contributed by atoms with Crippen molar-refractivity contribution in [1.82, 2.24) is 10.6 Å². The van der Waals surface area contributed by atoms with Crippen LogP contribution in [0.4, 0.5) is 4.79 Å². The van der Waals surface area contributed by atoms with E-state index in [2.05, 4.69) is 22.8 Å². The fraction of sp³-hybridized carbons (Fsp3) is 0.318. The molecule has 7 heteroatoms. The Morgan fingerprint density at radius 3 is 2.07 bits per heavy atom. The summed E-state index contributed by atoms with van der Waals surface area (Å²) >= 11 is 0. The van der Waals surface area contributed by atoms with Gasteiger partial charge >= 0.3 is 12.1 Å². The van der Waals surface area contributed by atoms with E-state index in [0.29, 0.717) is 6.42 Å². The first-order valence-corrected chi connectivity index (χ1v) is 9.57. The second-order valence-corrected chi connectivity index (χ2v) is 7.00. The molecule has 152 valence electrons. The number of ether oxygens (including phenoxy) is 1. The molecule has 3 N–H and O–H groups in total. The summed E-state index contributed by atoms with van der Waals surface area (Å²) in [5.74, 6) is -1.78. The molecule has 2 aromatic carbocycles. The minimum absolute atomic E-state index is 0.0749. The molecule has 7 nitrogen and oxygen atoms in total. The van der Waals surface area contributed by atoms with E-state index in [1.807, 2.05) is 36.4 Å². The standard InChI is InChI=1S/C22H24N2O5/c1-3-19(20(25)23-13(2)21(26)27)24-22(28)29-12-18-16-10-6-4-8-14(16)15-9-5-7-11-17(15)18/h4-11,13,18-19H,3,12H2,1-2H3,(H,23,25)(H,24,28)(H,26,27)/t13?,19-/m1/s1. The summed E-state index contributed by atoms with van der Waals surface area (Å²) in [4.78, 5) is 35.3. The molecule has 2 atom stereocenters. The first-order chi connectivity index (χ1) is 13.9. The van der Waals surface area contributed by atoms with E-state index in [1.165, 1.54) is 6.92 Å². The van der Waals surface area contributed by atoms with Crippen molar-refractivity contribution in [2.24, 2.45) is 0 Å². The molecule has 0 aromatic heterocycles. The van der Waals surface area contributed by atoms with Crippen molar-refractivity contribution >= 4 is 18.0 Å². The minimum atomic E-state index is -1.14. The van der Waals surface area contributed by atoms with Crippen molar-refractivity contribution in [2.45, 2.75) is 38.3 Å². The van der Waals surface area contributed by atoms with Crippen LogP contribution in [0.3, 0.4) is 0 Å². The predicted molar refractivity (Wildman–Crippen MR) is 108 cm³/mol. The highest BCUT2D eigenvalue weighted by Gasteiger charge is 2.29. The van der Waals surface area contributed by atoms with Crippen LogP contribution < -0.4 is 10.6 Å². The van der Waals surface area contributed by atoms with Crippen molar-refractivity contribution in [1.29, 1.82) is 0 Å². The van der Waals surface area contributed by atoms with Crippen LogP contribution in [-0.4, -0.2) is 41.8 Å². The van der Waals surface area contributed by atoms with Crippen LogP contribution in [-0.2, 0) is 14.3 Å². The number of hydrogen-bond donors (Lipinski definition) is 3. The Labute approximate surface area is 169 Å². The number of aliphatic carboxylic acids is 1. The molecule has 0 bridgehead atoms. The van der Waals surface area contributed by atoms with E-state index < -0.39 is 30.1 Å². The Morgan fingerprint density at radius 1 is 1.00 bits per heavy atom. The molecule has 0 aliphatic heterocycles. The van der Waals surface area contributed by atoms with Crippen LogP contribution in [0.1, 0.15) is 37.3 Å². The number of carboxylic acids is 1. The molecule has 0 saturated heterocycles. The molecule has 3 rings (SSSR count). The molecule has 0 spiro atoms. The highest BCUT2D eigenvalue weighted by atomic mass is 16.5. The number of carboxylic acid groups (broad SMARTS) is 1. The zero-order chi connectivity index (χ0) is 21.0. The summed E-state index contributed by atoms with van der Waals surface area (Å²) in [5, 5.41) is 13.8. The Hall–Kier alpha value is -3.35. The number of fused-ring (bicyclic) bond motifs is 3. The van der Waals surface area contributed by atoms with Gasteiger partial charge in [-0.25, -0.2) is 4.79 Å². The molecule has 1 unspecified atom stereocenters. The fourth-order valence-corrected chi connectivity index (χ4v) is 3.51. The molecule has 0 fully saturated rings. The van der Waals surface area contributed by atoms with E-state index in [4.69, 9.17) is 9.84 Å². The predicted octanol–water partition coefficient (Wildman–Crippen LogP) is 2.89. The van der Waals surface area contributed by atoms with E-state index >= 15 is 0 Å². The van der Waals surface area contributed by atoms with Gasteiger partial charge in [0.15, 0.2) is 0 Å². The van der Waals surface area contributed by atoms with Crippen molar-refractivity contribution in [2.75, 3.05) is 6.61 Å². The third kappa shape index (κ3) is 4.39. The van der Waals surface area contributed by atoms with Gasteiger partial charge in [-0.3, -0.25) is 9.59 Å². The zero-order valence-corrected chi connectivity index (χ0v) is 16.3. The second kappa shape index (κ2) is 8.77. The van der Waals surface area contributed by atoms with Crippen molar-refractivity contribution in [3.8, 4) is 11.1 Å². The number of carbonyl (C=O) groups excluding carboxylic acids is 2. The van der Waals surface area contributed by atoms with Gasteiger partial charge in [-0.15, -0.1) is 0 Å². The Bertz CT molecular complexity index is 881. The highest BCUT2D eigenvalue weighted by molar-refractivity contribution is 5.89. The molecule has 0 heterocycles. The molecule has 1 aliphatic rings.